The maximum Gasteiger partial charge on any atom is 0.418 e. The van der Waals surface area contributed by atoms with E-state index in [0.29, 0.717) is 0 Å². The predicted molar refractivity (Wildman–Crippen MR) is 72.2 cm³/mol. The van der Waals surface area contributed by atoms with Gasteiger partial charge in [0, 0.05) is 13.1 Å². The Labute approximate surface area is 121 Å². The SMILES string of the molecule is CCN(CC(C)C#N)C(=O)c1cccc(C(F)(F)F)c1N. The molecule has 0 aromatic heterocycles. The van der Waals surface area contributed by atoms with E-state index in [1.54, 1.807) is 13.8 Å². The van der Waals surface area contributed by atoms with E-state index in [1.807, 2.05) is 6.07 Å². The zero-order chi connectivity index (χ0) is 16.2. The van der Waals surface area contributed by atoms with E-state index in [-0.39, 0.29) is 18.7 Å². The summed E-state index contributed by atoms with van der Waals surface area (Å²) >= 11 is 0. The second kappa shape index (κ2) is 6.48. The Bertz CT molecular complexity index is 564. The first kappa shape index (κ1) is 16.8. The summed E-state index contributed by atoms with van der Waals surface area (Å²) in [5.74, 6) is -1.02. The standard InChI is InChI=1S/C14H16F3N3O/c1-3-20(8-9(2)7-18)13(21)10-5-4-6-11(12(10)19)14(15,16)17/h4-6,9H,3,8,19H2,1-2H3. The molecule has 1 aromatic rings. The molecule has 7 heteroatoms. The number of nitrogens with two attached hydrogens (primary N) is 1. The van der Waals surface area contributed by atoms with Crippen LogP contribution in [0.15, 0.2) is 18.2 Å². The minimum Gasteiger partial charge on any atom is -0.398 e. The summed E-state index contributed by atoms with van der Waals surface area (Å²) in [6.45, 7) is 3.74. The van der Waals surface area contributed by atoms with Gasteiger partial charge in [0.05, 0.1) is 28.8 Å². The highest BCUT2D eigenvalue weighted by Gasteiger charge is 2.34. The van der Waals surface area contributed by atoms with Gasteiger partial charge in [-0.05, 0) is 26.0 Å². The lowest BCUT2D eigenvalue weighted by atomic mass is 10.0. The van der Waals surface area contributed by atoms with Crippen molar-refractivity contribution in [1.29, 1.82) is 5.26 Å². The van der Waals surface area contributed by atoms with Crippen LogP contribution in [-0.2, 0) is 6.18 Å². The van der Waals surface area contributed by atoms with Crippen molar-refractivity contribution < 1.29 is 18.0 Å². The van der Waals surface area contributed by atoms with Crippen LogP contribution in [-0.4, -0.2) is 23.9 Å². The van der Waals surface area contributed by atoms with Crippen LogP contribution >= 0.6 is 0 Å². The summed E-state index contributed by atoms with van der Waals surface area (Å²) in [6.07, 6.45) is -4.61. The highest BCUT2D eigenvalue weighted by Crippen LogP contribution is 2.35. The minimum atomic E-state index is -4.61. The first-order valence-corrected chi connectivity index (χ1v) is 6.36. The Morgan fingerprint density at radius 3 is 2.57 bits per heavy atom. The fraction of sp³-hybridized carbons (Fsp3) is 0.429. The molecular weight excluding hydrogens is 283 g/mol. The van der Waals surface area contributed by atoms with Gasteiger partial charge in [0.15, 0.2) is 0 Å². The second-order valence-corrected chi connectivity index (χ2v) is 4.64. The molecule has 0 radical (unpaired) electrons. The first-order chi connectivity index (χ1) is 9.72. The fourth-order valence-corrected chi connectivity index (χ4v) is 1.90. The van der Waals surface area contributed by atoms with E-state index in [0.717, 1.165) is 12.1 Å². The molecule has 2 N–H and O–H groups in total. The third-order valence-electron chi connectivity index (χ3n) is 3.03. The van der Waals surface area contributed by atoms with Crippen molar-refractivity contribution >= 4 is 11.6 Å². The van der Waals surface area contributed by atoms with E-state index in [4.69, 9.17) is 11.0 Å². The van der Waals surface area contributed by atoms with E-state index < -0.39 is 29.3 Å². The molecule has 1 rings (SSSR count). The van der Waals surface area contributed by atoms with Crippen LogP contribution < -0.4 is 5.73 Å². The lowest BCUT2D eigenvalue weighted by Gasteiger charge is -2.23. The van der Waals surface area contributed by atoms with Crippen LogP contribution in [0.4, 0.5) is 18.9 Å². The molecule has 1 aromatic carbocycles. The van der Waals surface area contributed by atoms with Gasteiger partial charge in [0.25, 0.3) is 5.91 Å². The number of hydrogen-bond donors (Lipinski definition) is 1. The maximum absolute atomic E-state index is 12.8. The molecule has 0 fully saturated rings. The smallest absolute Gasteiger partial charge is 0.398 e. The van der Waals surface area contributed by atoms with Gasteiger partial charge in [-0.15, -0.1) is 0 Å². The number of anilines is 1. The molecule has 0 aliphatic heterocycles. The zero-order valence-corrected chi connectivity index (χ0v) is 11.7. The first-order valence-electron chi connectivity index (χ1n) is 6.36. The van der Waals surface area contributed by atoms with Gasteiger partial charge < -0.3 is 10.6 Å². The lowest BCUT2D eigenvalue weighted by molar-refractivity contribution is -0.136. The van der Waals surface area contributed by atoms with Gasteiger partial charge in [0.1, 0.15) is 0 Å². The topological polar surface area (TPSA) is 70.1 Å². The van der Waals surface area contributed by atoms with Crippen LogP contribution in [0.3, 0.4) is 0 Å². The van der Waals surface area contributed by atoms with E-state index >= 15 is 0 Å². The summed E-state index contributed by atoms with van der Waals surface area (Å²) in [6, 6.07) is 5.22. The second-order valence-electron chi connectivity index (χ2n) is 4.64. The molecule has 21 heavy (non-hydrogen) atoms. The third kappa shape index (κ3) is 3.88. The van der Waals surface area contributed by atoms with Gasteiger partial charge in [-0.3, -0.25) is 4.79 Å². The Morgan fingerprint density at radius 2 is 2.10 bits per heavy atom. The molecule has 0 saturated heterocycles. The van der Waals surface area contributed by atoms with E-state index in [2.05, 4.69) is 0 Å². The number of nitrogens with zero attached hydrogens (tertiary/aromatic N) is 2. The number of halogens is 3. The van der Waals surface area contributed by atoms with Gasteiger partial charge in [-0.2, -0.15) is 18.4 Å². The molecule has 0 aliphatic rings. The number of hydrogen-bond acceptors (Lipinski definition) is 3. The average molecular weight is 299 g/mol. The Balaban J connectivity index is 3.16. The predicted octanol–water partition coefficient (Wildman–Crippen LogP) is 2.91. The van der Waals surface area contributed by atoms with Crippen molar-refractivity contribution in [3.05, 3.63) is 29.3 Å². The van der Waals surface area contributed by atoms with Crippen molar-refractivity contribution in [1.82, 2.24) is 4.90 Å². The maximum atomic E-state index is 12.8. The summed E-state index contributed by atoms with van der Waals surface area (Å²) < 4.78 is 38.4. The van der Waals surface area contributed by atoms with Gasteiger partial charge >= 0.3 is 6.18 Å². The Hall–Kier alpha value is -2.23. The van der Waals surface area contributed by atoms with Crippen molar-refractivity contribution in [2.24, 2.45) is 5.92 Å². The van der Waals surface area contributed by atoms with E-state index in [9.17, 15) is 18.0 Å². The summed E-state index contributed by atoms with van der Waals surface area (Å²) in [5, 5.41) is 8.78. The number of para-hydroxylation sites is 1. The lowest BCUT2D eigenvalue weighted by Crippen LogP contribution is -2.35. The number of nitriles is 1. The quantitative estimate of drug-likeness (QED) is 0.869. The van der Waals surface area contributed by atoms with Crippen LogP contribution in [0, 0.1) is 17.2 Å². The summed E-state index contributed by atoms with van der Waals surface area (Å²) in [5.41, 5.74) is 3.68. The summed E-state index contributed by atoms with van der Waals surface area (Å²) in [7, 11) is 0. The van der Waals surface area contributed by atoms with Crippen LogP contribution in [0.25, 0.3) is 0 Å². The van der Waals surface area contributed by atoms with Gasteiger partial charge in [-0.1, -0.05) is 6.07 Å². The minimum absolute atomic E-state index is 0.140. The molecule has 1 amide bonds. The Kier molecular flexibility index (Phi) is 5.19. The number of nitrogen functional groups attached to an aromatic ring is 1. The molecule has 1 atom stereocenters. The zero-order valence-electron chi connectivity index (χ0n) is 11.7. The number of rotatable bonds is 4. The van der Waals surface area contributed by atoms with Crippen LogP contribution in [0.2, 0.25) is 0 Å². The number of amides is 1. The third-order valence-corrected chi connectivity index (χ3v) is 3.03. The monoisotopic (exact) mass is 299 g/mol. The molecule has 4 nitrogen and oxygen atoms in total. The number of benzene rings is 1. The molecule has 114 valence electrons. The van der Waals surface area contributed by atoms with Crippen LogP contribution in [0.1, 0.15) is 29.8 Å². The molecule has 0 saturated carbocycles. The molecule has 0 spiro atoms. The van der Waals surface area contributed by atoms with Gasteiger partial charge in [0.2, 0.25) is 0 Å². The molecular formula is C14H16F3N3O. The number of alkyl halides is 3. The highest BCUT2D eigenvalue weighted by molar-refractivity contribution is 5.99. The van der Waals surface area contributed by atoms with Gasteiger partial charge in [-0.25, -0.2) is 0 Å². The Morgan fingerprint density at radius 1 is 1.48 bits per heavy atom. The van der Waals surface area contributed by atoms with Crippen molar-refractivity contribution in [3.8, 4) is 6.07 Å². The number of carbonyl (C=O) groups excluding carboxylic acids is 1. The van der Waals surface area contributed by atoms with Crippen molar-refractivity contribution in [2.45, 2.75) is 20.0 Å². The molecule has 0 heterocycles. The fourth-order valence-electron chi connectivity index (χ4n) is 1.90. The van der Waals surface area contributed by atoms with E-state index in [1.165, 1.54) is 11.0 Å². The largest absolute Gasteiger partial charge is 0.418 e. The number of carbonyl (C=O) groups is 1. The average Bonchev–Trinajstić information content (AvgIpc) is 2.42. The molecule has 0 bridgehead atoms. The van der Waals surface area contributed by atoms with Crippen molar-refractivity contribution in [2.75, 3.05) is 18.8 Å². The summed E-state index contributed by atoms with van der Waals surface area (Å²) in [4.78, 5) is 13.6. The molecule has 0 aliphatic carbocycles. The van der Waals surface area contributed by atoms with Crippen molar-refractivity contribution in [3.63, 3.8) is 0 Å². The molecule has 1 unspecified atom stereocenters. The highest BCUT2D eigenvalue weighted by atomic mass is 19.4. The van der Waals surface area contributed by atoms with Crippen LogP contribution in [0.5, 0.6) is 0 Å². The normalized spacial score (nSPS) is 12.6.